The van der Waals surface area contributed by atoms with Crippen molar-refractivity contribution < 1.29 is 5.11 Å². The summed E-state index contributed by atoms with van der Waals surface area (Å²) in [5.74, 6) is 0.208. The average Bonchev–Trinajstić information content (AvgIpc) is 2.41. The molecule has 0 saturated carbocycles. The van der Waals surface area contributed by atoms with E-state index in [1.54, 1.807) is 30.3 Å². The van der Waals surface area contributed by atoms with E-state index in [0.717, 1.165) is 5.56 Å². The lowest BCUT2D eigenvalue weighted by Gasteiger charge is -2.01. The Hall–Kier alpha value is -1.78. The molecule has 2 aromatic rings. The highest BCUT2D eigenvalue weighted by Crippen LogP contribution is 2.14. The summed E-state index contributed by atoms with van der Waals surface area (Å²) in [6.07, 6.45) is 4.92. The minimum atomic E-state index is -0.426. The SMILES string of the molecule is O=c1c(Cl)c(Cl)cnn1C/C=C/c1ccc(O)cc1. The maximum Gasteiger partial charge on any atom is 0.287 e. The van der Waals surface area contributed by atoms with Crippen molar-refractivity contribution in [2.75, 3.05) is 0 Å². The van der Waals surface area contributed by atoms with Gasteiger partial charge in [0.1, 0.15) is 10.8 Å². The minimum Gasteiger partial charge on any atom is -0.508 e. The molecular formula is C13H10Cl2N2O2. The molecule has 19 heavy (non-hydrogen) atoms. The van der Waals surface area contributed by atoms with Gasteiger partial charge in [-0.2, -0.15) is 5.10 Å². The highest BCUT2D eigenvalue weighted by atomic mass is 35.5. The minimum absolute atomic E-state index is 0.0327. The van der Waals surface area contributed by atoms with Gasteiger partial charge in [0.2, 0.25) is 0 Å². The Morgan fingerprint density at radius 3 is 2.63 bits per heavy atom. The van der Waals surface area contributed by atoms with E-state index in [1.165, 1.54) is 10.9 Å². The zero-order valence-electron chi connectivity index (χ0n) is 9.75. The van der Waals surface area contributed by atoms with Crippen LogP contribution in [0.2, 0.25) is 10.0 Å². The Bertz CT molecular complexity index is 663. The van der Waals surface area contributed by atoms with Crippen LogP contribution in [0.25, 0.3) is 6.08 Å². The van der Waals surface area contributed by atoms with Crippen molar-refractivity contribution in [1.82, 2.24) is 9.78 Å². The van der Waals surface area contributed by atoms with E-state index in [4.69, 9.17) is 28.3 Å². The Morgan fingerprint density at radius 1 is 1.26 bits per heavy atom. The Balaban J connectivity index is 2.13. The summed E-state index contributed by atoms with van der Waals surface area (Å²) in [7, 11) is 0. The maximum atomic E-state index is 11.7. The smallest absolute Gasteiger partial charge is 0.287 e. The van der Waals surface area contributed by atoms with E-state index in [-0.39, 0.29) is 22.3 Å². The summed E-state index contributed by atoms with van der Waals surface area (Å²) in [6, 6.07) is 6.69. The second-order valence-electron chi connectivity index (χ2n) is 3.79. The van der Waals surface area contributed by atoms with Gasteiger partial charge in [0.05, 0.1) is 17.8 Å². The predicted octanol–water partition coefficient (Wildman–Crippen LogP) is 2.97. The molecule has 1 aromatic heterocycles. The lowest BCUT2D eigenvalue weighted by molar-refractivity contribution is 0.475. The topological polar surface area (TPSA) is 55.1 Å². The van der Waals surface area contributed by atoms with Gasteiger partial charge in [-0.3, -0.25) is 4.79 Å². The molecule has 0 unspecified atom stereocenters. The lowest BCUT2D eigenvalue weighted by Crippen LogP contribution is -2.22. The van der Waals surface area contributed by atoms with Gasteiger partial charge in [0, 0.05) is 0 Å². The molecule has 0 amide bonds. The molecule has 0 spiro atoms. The lowest BCUT2D eigenvalue weighted by atomic mass is 10.2. The fourth-order valence-electron chi connectivity index (χ4n) is 1.45. The fraction of sp³-hybridized carbons (Fsp3) is 0.0769. The quantitative estimate of drug-likeness (QED) is 0.947. The number of benzene rings is 1. The first-order chi connectivity index (χ1) is 9.08. The zero-order chi connectivity index (χ0) is 13.8. The highest BCUT2D eigenvalue weighted by molar-refractivity contribution is 6.41. The van der Waals surface area contributed by atoms with Gasteiger partial charge in [-0.15, -0.1) is 0 Å². The second kappa shape index (κ2) is 5.91. The largest absolute Gasteiger partial charge is 0.508 e. The summed E-state index contributed by atoms with van der Waals surface area (Å²) in [6.45, 7) is 0.288. The van der Waals surface area contributed by atoms with Crippen LogP contribution in [0, 0.1) is 0 Å². The number of rotatable bonds is 3. The maximum absolute atomic E-state index is 11.7. The van der Waals surface area contributed by atoms with Gasteiger partial charge in [-0.1, -0.05) is 47.5 Å². The molecule has 4 nitrogen and oxygen atoms in total. The van der Waals surface area contributed by atoms with Gasteiger partial charge in [0.15, 0.2) is 0 Å². The summed E-state index contributed by atoms with van der Waals surface area (Å²) >= 11 is 11.4. The highest BCUT2D eigenvalue weighted by Gasteiger charge is 2.05. The molecule has 0 aliphatic heterocycles. The molecule has 1 aromatic carbocycles. The standard InChI is InChI=1S/C13H10Cl2N2O2/c14-11-8-16-17(13(19)12(11)15)7-1-2-9-3-5-10(18)6-4-9/h1-6,8,18H,7H2/b2-1+. The molecule has 0 radical (unpaired) electrons. The van der Waals surface area contributed by atoms with Crippen LogP contribution in [0.4, 0.5) is 0 Å². The van der Waals surface area contributed by atoms with Crippen molar-refractivity contribution in [3.8, 4) is 5.75 Å². The van der Waals surface area contributed by atoms with Gasteiger partial charge in [0.25, 0.3) is 5.56 Å². The molecular weight excluding hydrogens is 287 g/mol. The normalized spacial score (nSPS) is 11.1. The zero-order valence-corrected chi connectivity index (χ0v) is 11.3. The number of hydrogen-bond donors (Lipinski definition) is 1. The van der Waals surface area contributed by atoms with Gasteiger partial charge in [-0.05, 0) is 17.7 Å². The first-order valence-electron chi connectivity index (χ1n) is 5.44. The number of allylic oxidation sites excluding steroid dienone is 1. The number of aromatic nitrogens is 2. The van der Waals surface area contributed by atoms with E-state index in [1.807, 2.05) is 6.08 Å². The number of halogens is 2. The van der Waals surface area contributed by atoms with Crippen LogP contribution >= 0.6 is 23.2 Å². The van der Waals surface area contributed by atoms with Crippen LogP contribution in [0.3, 0.4) is 0 Å². The number of aromatic hydroxyl groups is 1. The van der Waals surface area contributed by atoms with Crippen molar-refractivity contribution in [2.45, 2.75) is 6.54 Å². The van der Waals surface area contributed by atoms with Crippen molar-refractivity contribution in [3.05, 3.63) is 62.5 Å². The fourth-order valence-corrected chi connectivity index (χ4v) is 1.72. The molecule has 0 aliphatic carbocycles. The van der Waals surface area contributed by atoms with Crippen molar-refractivity contribution in [3.63, 3.8) is 0 Å². The molecule has 2 rings (SSSR count). The molecule has 6 heteroatoms. The average molecular weight is 297 g/mol. The molecule has 0 bridgehead atoms. The molecule has 1 N–H and O–H groups in total. The molecule has 0 aliphatic rings. The van der Waals surface area contributed by atoms with Gasteiger partial charge in [-0.25, -0.2) is 4.68 Å². The van der Waals surface area contributed by atoms with Crippen LogP contribution in [-0.4, -0.2) is 14.9 Å². The molecule has 1 heterocycles. The van der Waals surface area contributed by atoms with E-state index < -0.39 is 5.56 Å². The number of nitrogens with zero attached hydrogens (tertiary/aromatic N) is 2. The summed E-state index contributed by atoms with van der Waals surface area (Å²) < 4.78 is 1.21. The molecule has 0 atom stereocenters. The summed E-state index contributed by atoms with van der Waals surface area (Å²) in [5, 5.41) is 13.1. The van der Waals surface area contributed by atoms with Crippen molar-refractivity contribution in [1.29, 1.82) is 0 Å². The second-order valence-corrected chi connectivity index (χ2v) is 4.57. The van der Waals surface area contributed by atoms with E-state index in [9.17, 15) is 4.79 Å². The third kappa shape index (κ3) is 3.36. The van der Waals surface area contributed by atoms with E-state index in [0.29, 0.717) is 0 Å². The van der Waals surface area contributed by atoms with Crippen LogP contribution in [0.1, 0.15) is 5.56 Å². The number of hydrogen-bond acceptors (Lipinski definition) is 3. The van der Waals surface area contributed by atoms with Gasteiger partial charge >= 0.3 is 0 Å². The summed E-state index contributed by atoms with van der Waals surface area (Å²) in [5.41, 5.74) is 0.482. The third-order valence-electron chi connectivity index (χ3n) is 2.42. The molecule has 98 valence electrons. The Morgan fingerprint density at radius 2 is 1.95 bits per heavy atom. The van der Waals surface area contributed by atoms with E-state index in [2.05, 4.69) is 5.10 Å². The predicted molar refractivity (Wildman–Crippen MR) is 75.7 cm³/mol. The van der Waals surface area contributed by atoms with Crippen LogP contribution in [-0.2, 0) is 6.54 Å². The van der Waals surface area contributed by atoms with Crippen molar-refractivity contribution >= 4 is 29.3 Å². The first-order valence-corrected chi connectivity index (χ1v) is 6.20. The molecule has 0 saturated heterocycles. The molecule has 0 fully saturated rings. The van der Waals surface area contributed by atoms with Crippen LogP contribution < -0.4 is 5.56 Å². The van der Waals surface area contributed by atoms with E-state index >= 15 is 0 Å². The first kappa shape index (κ1) is 13.6. The monoisotopic (exact) mass is 296 g/mol. The number of phenols is 1. The summed E-state index contributed by atoms with van der Waals surface area (Å²) in [4.78, 5) is 11.7. The van der Waals surface area contributed by atoms with Crippen LogP contribution in [0.15, 0.2) is 41.3 Å². The Labute approximate surface area is 119 Å². The Kier molecular flexibility index (Phi) is 4.24. The third-order valence-corrected chi connectivity index (χ3v) is 3.17. The number of phenolic OH excluding ortho intramolecular Hbond substituents is 1. The van der Waals surface area contributed by atoms with Gasteiger partial charge < -0.3 is 5.11 Å². The van der Waals surface area contributed by atoms with Crippen LogP contribution in [0.5, 0.6) is 5.75 Å². The van der Waals surface area contributed by atoms with Crippen molar-refractivity contribution in [2.24, 2.45) is 0 Å².